The van der Waals surface area contributed by atoms with E-state index in [-0.39, 0.29) is 6.54 Å². The monoisotopic (exact) mass is 239 g/mol. The van der Waals surface area contributed by atoms with E-state index in [1.807, 2.05) is 6.92 Å². The largest absolute Gasteiger partial charge is 0.468 e. The molecule has 0 aliphatic heterocycles. The number of rotatable bonds is 7. The van der Waals surface area contributed by atoms with Crippen molar-refractivity contribution in [2.45, 2.75) is 19.4 Å². The summed E-state index contributed by atoms with van der Waals surface area (Å²) in [6.45, 7) is 1.98. The van der Waals surface area contributed by atoms with Crippen molar-refractivity contribution in [1.29, 1.82) is 0 Å². The fraction of sp³-hybridized carbons (Fsp3) is 0.857. The van der Waals surface area contributed by atoms with E-state index in [4.69, 9.17) is 5.73 Å². The molecule has 7 nitrogen and oxygen atoms in total. The highest BCUT2D eigenvalue weighted by atomic mass is 32.2. The summed E-state index contributed by atoms with van der Waals surface area (Å²) in [6, 6.07) is -0.992. The van der Waals surface area contributed by atoms with Crippen molar-refractivity contribution in [1.82, 2.24) is 9.44 Å². The van der Waals surface area contributed by atoms with Crippen molar-refractivity contribution in [3.05, 3.63) is 0 Å². The average Bonchev–Trinajstić information content (AvgIpc) is 2.22. The summed E-state index contributed by atoms with van der Waals surface area (Å²) in [4.78, 5) is 10.8. The van der Waals surface area contributed by atoms with Gasteiger partial charge in [-0.25, -0.2) is 9.44 Å². The van der Waals surface area contributed by atoms with Crippen molar-refractivity contribution in [3.8, 4) is 0 Å². The van der Waals surface area contributed by atoms with Crippen LogP contribution in [-0.4, -0.2) is 40.6 Å². The summed E-state index contributed by atoms with van der Waals surface area (Å²) in [5, 5.41) is 0. The van der Waals surface area contributed by atoms with Gasteiger partial charge in [0.1, 0.15) is 6.04 Å². The maximum absolute atomic E-state index is 11.2. The van der Waals surface area contributed by atoms with E-state index >= 15 is 0 Å². The predicted octanol–water partition coefficient (Wildman–Crippen LogP) is -1.68. The number of carbonyl (C=O) groups excluding carboxylic acids is 1. The zero-order valence-corrected chi connectivity index (χ0v) is 9.63. The van der Waals surface area contributed by atoms with Crippen molar-refractivity contribution in [2.75, 3.05) is 20.2 Å². The molecule has 0 aromatic heterocycles. The highest BCUT2D eigenvalue weighted by Gasteiger charge is 2.16. The van der Waals surface area contributed by atoms with Gasteiger partial charge in [-0.1, -0.05) is 6.92 Å². The summed E-state index contributed by atoms with van der Waals surface area (Å²) in [5.41, 5.74) is 5.33. The van der Waals surface area contributed by atoms with Gasteiger partial charge in [-0.05, 0) is 6.42 Å². The van der Waals surface area contributed by atoms with Crippen LogP contribution in [0.5, 0.6) is 0 Å². The summed E-state index contributed by atoms with van der Waals surface area (Å²) >= 11 is 0. The van der Waals surface area contributed by atoms with Gasteiger partial charge in [0.15, 0.2) is 0 Å². The lowest BCUT2D eigenvalue weighted by molar-refractivity contribution is -0.141. The Balaban J connectivity index is 3.98. The SMILES string of the molecule is CCCNS(=O)(=O)NC[C@H](N)C(=O)OC. The van der Waals surface area contributed by atoms with Crippen molar-refractivity contribution >= 4 is 16.2 Å². The molecule has 0 heterocycles. The summed E-state index contributed by atoms with van der Waals surface area (Å²) in [5.74, 6) is -0.659. The molecule has 0 saturated carbocycles. The zero-order valence-electron chi connectivity index (χ0n) is 8.82. The van der Waals surface area contributed by atoms with Gasteiger partial charge in [-0.15, -0.1) is 0 Å². The molecular weight excluding hydrogens is 222 g/mol. The molecule has 0 aliphatic carbocycles. The molecule has 0 radical (unpaired) electrons. The van der Waals surface area contributed by atoms with Gasteiger partial charge in [0.2, 0.25) is 0 Å². The first-order chi connectivity index (χ1) is 6.93. The molecule has 4 N–H and O–H groups in total. The second-order valence-corrected chi connectivity index (χ2v) is 4.46. The van der Waals surface area contributed by atoms with Gasteiger partial charge in [0, 0.05) is 13.1 Å². The first-order valence-corrected chi connectivity index (χ1v) is 5.99. The minimum absolute atomic E-state index is 0.189. The van der Waals surface area contributed by atoms with E-state index in [1.165, 1.54) is 7.11 Å². The van der Waals surface area contributed by atoms with E-state index in [1.54, 1.807) is 0 Å². The van der Waals surface area contributed by atoms with Crippen molar-refractivity contribution < 1.29 is 17.9 Å². The third-order valence-corrected chi connectivity index (χ3v) is 2.67. The lowest BCUT2D eigenvalue weighted by Crippen LogP contribution is -2.46. The second-order valence-electron chi connectivity index (χ2n) is 2.88. The van der Waals surface area contributed by atoms with Gasteiger partial charge in [-0.2, -0.15) is 8.42 Å². The predicted molar refractivity (Wildman–Crippen MR) is 55.2 cm³/mol. The van der Waals surface area contributed by atoms with E-state index in [2.05, 4.69) is 14.2 Å². The van der Waals surface area contributed by atoms with Crippen LogP contribution in [0.25, 0.3) is 0 Å². The molecule has 0 bridgehead atoms. The maximum atomic E-state index is 11.2. The van der Waals surface area contributed by atoms with E-state index in [0.717, 1.165) is 0 Å². The van der Waals surface area contributed by atoms with E-state index in [9.17, 15) is 13.2 Å². The smallest absolute Gasteiger partial charge is 0.324 e. The third kappa shape index (κ3) is 6.39. The normalized spacial score (nSPS) is 13.5. The van der Waals surface area contributed by atoms with Crippen LogP contribution in [0.15, 0.2) is 0 Å². The number of carbonyl (C=O) groups is 1. The number of methoxy groups -OCH3 is 1. The van der Waals surface area contributed by atoms with Crippen LogP contribution in [0.2, 0.25) is 0 Å². The standard InChI is InChI=1S/C7H17N3O4S/c1-3-4-9-15(12,13)10-5-6(8)7(11)14-2/h6,9-10H,3-5,8H2,1-2H3/t6-/m0/s1. The highest BCUT2D eigenvalue weighted by molar-refractivity contribution is 7.87. The molecule has 0 unspecified atom stereocenters. The molecular formula is C7H17N3O4S. The number of nitrogens with one attached hydrogen (secondary N) is 2. The fourth-order valence-corrected chi connectivity index (χ4v) is 1.70. The summed E-state index contributed by atoms with van der Waals surface area (Å²) in [6.07, 6.45) is 0.684. The lowest BCUT2D eigenvalue weighted by Gasteiger charge is -2.11. The molecule has 0 rings (SSSR count). The summed E-state index contributed by atoms with van der Waals surface area (Å²) < 4.78 is 31.1. The molecule has 0 aliphatic rings. The van der Waals surface area contributed by atoms with E-state index < -0.39 is 22.2 Å². The van der Waals surface area contributed by atoms with Crippen LogP contribution in [0, 0.1) is 0 Å². The Hall–Kier alpha value is -0.700. The van der Waals surface area contributed by atoms with Crippen LogP contribution in [0.3, 0.4) is 0 Å². The molecule has 0 amide bonds. The second kappa shape index (κ2) is 6.72. The van der Waals surface area contributed by atoms with Crippen LogP contribution < -0.4 is 15.2 Å². The van der Waals surface area contributed by atoms with Crippen LogP contribution in [0.4, 0.5) is 0 Å². The Labute approximate surface area is 89.5 Å². The lowest BCUT2D eigenvalue weighted by atomic mass is 10.3. The molecule has 90 valence electrons. The quantitative estimate of drug-likeness (QED) is 0.460. The molecule has 0 aromatic carbocycles. The maximum Gasteiger partial charge on any atom is 0.324 e. The Bertz CT molecular complexity index is 291. The highest BCUT2D eigenvalue weighted by Crippen LogP contribution is 1.84. The molecule has 0 spiro atoms. The van der Waals surface area contributed by atoms with Crippen LogP contribution in [-0.2, 0) is 19.7 Å². The number of hydrogen-bond donors (Lipinski definition) is 3. The Morgan fingerprint density at radius 2 is 2.07 bits per heavy atom. The van der Waals surface area contributed by atoms with Crippen molar-refractivity contribution in [3.63, 3.8) is 0 Å². The number of hydrogen-bond acceptors (Lipinski definition) is 5. The number of ether oxygens (including phenoxy) is 1. The minimum Gasteiger partial charge on any atom is -0.468 e. The molecule has 8 heteroatoms. The van der Waals surface area contributed by atoms with Gasteiger partial charge in [0.05, 0.1) is 7.11 Å². The number of nitrogens with two attached hydrogens (primary N) is 1. The van der Waals surface area contributed by atoms with Gasteiger partial charge >= 0.3 is 5.97 Å². The Kier molecular flexibility index (Phi) is 6.41. The first kappa shape index (κ1) is 14.3. The van der Waals surface area contributed by atoms with Gasteiger partial charge < -0.3 is 10.5 Å². The average molecular weight is 239 g/mol. The van der Waals surface area contributed by atoms with Gasteiger partial charge in [0.25, 0.3) is 10.2 Å². The van der Waals surface area contributed by atoms with Gasteiger partial charge in [-0.3, -0.25) is 4.79 Å². The topological polar surface area (TPSA) is 111 Å². The molecule has 15 heavy (non-hydrogen) atoms. The molecule has 0 fully saturated rings. The minimum atomic E-state index is -3.57. The Morgan fingerprint density at radius 3 is 2.53 bits per heavy atom. The molecule has 1 atom stereocenters. The van der Waals surface area contributed by atoms with Crippen LogP contribution >= 0.6 is 0 Å². The third-order valence-electron chi connectivity index (χ3n) is 1.54. The first-order valence-electron chi connectivity index (χ1n) is 4.50. The fourth-order valence-electron chi connectivity index (χ4n) is 0.722. The summed E-state index contributed by atoms with van der Waals surface area (Å²) in [7, 11) is -2.38. The molecule has 0 aromatic rings. The van der Waals surface area contributed by atoms with Crippen molar-refractivity contribution in [2.24, 2.45) is 5.73 Å². The molecule has 0 saturated heterocycles. The van der Waals surface area contributed by atoms with E-state index in [0.29, 0.717) is 13.0 Å². The Morgan fingerprint density at radius 1 is 1.47 bits per heavy atom. The number of esters is 1. The zero-order chi connectivity index (χ0) is 11.9. The van der Waals surface area contributed by atoms with Crippen LogP contribution in [0.1, 0.15) is 13.3 Å².